The van der Waals surface area contributed by atoms with Crippen LogP contribution in [0.5, 0.6) is 0 Å². The average molecular weight is 208 g/mol. The second kappa shape index (κ2) is 5.83. The molecule has 3 heteroatoms. The summed E-state index contributed by atoms with van der Waals surface area (Å²) in [6.45, 7) is 6.46. The zero-order valence-electron chi connectivity index (χ0n) is 9.64. The summed E-state index contributed by atoms with van der Waals surface area (Å²) in [5.41, 5.74) is 1.17. The van der Waals surface area contributed by atoms with Crippen molar-refractivity contribution in [3.8, 4) is 0 Å². The highest BCUT2D eigenvalue weighted by atomic mass is 16.3. The van der Waals surface area contributed by atoms with Crippen LogP contribution in [0.2, 0.25) is 0 Å². The highest BCUT2D eigenvalue weighted by Gasteiger charge is 2.17. The molecule has 0 amide bonds. The molecule has 1 aromatic heterocycles. The van der Waals surface area contributed by atoms with Crippen molar-refractivity contribution < 1.29 is 5.11 Å². The van der Waals surface area contributed by atoms with Crippen LogP contribution in [0.25, 0.3) is 0 Å². The predicted octanol–water partition coefficient (Wildman–Crippen LogP) is 1.75. The molecule has 0 aromatic carbocycles. The minimum atomic E-state index is 0.109. The molecule has 2 N–H and O–H groups in total. The highest BCUT2D eigenvalue weighted by molar-refractivity contribution is 5.14. The van der Waals surface area contributed by atoms with Gasteiger partial charge >= 0.3 is 0 Å². The summed E-state index contributed by atoms with van der Waals surface area (Å²) >= 11 is 0. The summed E-state index contributed by atoms with van der Waals surface area (Å²) in [5.74, 6) is 0.475. The second-order valence-electron chi connectivity index (χ2n) is 4.26. The van der Waals surface area contributed by atoms with E-state index in [9.17, 15) is 0 Å². The topological polar surface area (TPSA) is 45.1 Å². The summed E-state index contributed by atoms with van der Waals surface area (Å²) in [6.07, 6.45) is 3.65. The molecule has 0 aliphatic rings. The third kappa shape index (κ3) is 3.61. The zero-order valence-corrected chi connectivity index (χ0v) is 9.64. The molecular weight excluding hydrogens is 188 g/mol. The highest BCUT2D eigenvalue weighted by Crippen LogP contribution is 2.20. The number of hydrogen-bond donors (Lipinski definition) is 2. The monoisotopic (exact) mass is 208 g/mol. The van der Waals surface area contributed by atoms with Gasteiger partial charge in [0.15, 0.2) is 0 Å². The fraction of sp³-hybridized carbons (Fsp3) is 0.583. The normalized spacial score (nSPS) is 15.3. The number of hydrogen-bond acceptors (Lipinski definition) is 3. The number of nitrogens with zero attached hydrogens (tertiary/aromatic N) is 1. The predicted molar refractivity (Wildman–Crippen MR) is 61.5 cm³/mol. The summed E-state index contributed by atoms with van der Waals surface area (Å²) in [4.78, 5) is 4.12. The van der Waals surface area contributed by atoms with Crippen LogP contribution in [0.1, 0.15) is 32.4 Å². The standard InChI is InChI=1S/C12H20N2O/c1-9(2)12(14-10(3)8-15)11-5-4-6-13-7-11/h4-7,9-10,12,14-15H,8H2,1-3H3. The maximum atomic E-state index is 9.03. The van der Waals surface area contributed by atoms with Crippen molar-refractivity contribution in [3.05, 3.63) is 30.1 Å². The van der Waals surface area contributed by atoms with E-state index in [0.29, 0.717) is 5.92 Å². The molecule has 0 saturated carbocycles. The van der Waals surface area contributed by atoms with Crippen molar-refractivity contribution in [2.24, 2.45) is 5.92 Å². The third-order valence-electron chi connectivity index (χ3n) is 2.45. The third-order valence-corrected chi connectivity index (χ3v) is 2.45. The van der Waals surface area contributed by atoms with Gasteiger partial charge in [-0.1, -0.05) is 19.9 Å². The van der Waals surface area contributed by atoms with Gasteiger partial charge in [0.25, 0.3) is 0 Å². The molecule has 0 spiro atoms. The average Bonchev–Trinajstić information content (AvgIpc) is 2.26. The summed E-state index contributed by atoms with van der Waals surface area (Å²) in [7, 11) is 0. The van der Waals surface area contributed by atoms with Crippen LogP contribution in [0, 0.1) is 5.92 Å². The molecule has 1 heterocycles. The van der Waals surface area contributed by atoms with Gasteiger partial charge in [-0.2, -0.15) is 0 Å². The Bertz CT molecular complexity index is 274. The molecular formula is C12H20N2O. The molecule has 2 atom stereocenters. The first-order valence-corrected chi connectivity index (χ1v) is 5.42. The van der Waals surface area contributed by atoms with Crippen LogP contribution in [0.4, 0.5) is 0 Å². The first-order valence-electron chi connectivity index (χ1n) is 5.42. The van der Waals surface area contributed by atoms with Gasteiger partial charge in [0, 0.05) is 24.5 Å². The van der Waals surface area contributed by atoms with Gasteiger partial charge in [-0.15, -0.1) is 0 Å². The second-order valence-corrected chi connectivity index (χ2v) is 4.26. The number of aliphatic hydroxyl groups excluding tert-OH is 1. The molecule has 1 rings (SSSR count). The lowest BCUT2D eigenvalue weighted by atomic mass is 9.97. The molecule has 0 aliphatic carbocycles. The number of nitrogens with one attached hydrogen (secondary N) is 1. The largest absolute Gasteiger partial charge is 0.395 e. The molecule has 0 fully saturated rings. The number of rotatable bonds is 5. The van der Waals surface area contributed by atoms with E-state index < -0.39 is 0 Å². The van der Waals surface area contributed by atoms with Gasteiger partial charge < -0.3 is 10.4 Å². The van der Waals surface area contributed by atoms with Crippen molar-refractivity contribution in [2.75, 3.05) is 6.61 Å². The molecule has 2 unspecified atom stereocenters. The van der Waals surface area contributed by atoms with Gasteiger partial charge in [-0.05, 0) is 24.5 Å². The van der Waals surface area contributed by atoms with E-state index >= 15 is 0 Å². The Morgan fingerprint density at radius 2 is 2.13 bits per heavy atom. The van der Waals surface area contributed by atoms with Crippen molar-refractivity contribution >= 4 is 0 Å². The lowest BCUT2D eigenvalue weighted by Crippen LogP contribution is -2.35. The maximum Gasteiger partial charge on any atom is 0.0582 e. The van der Waals surface area contributed by atoms with E-state index in [1.165, 1.54) is 5.56 Å². The Morgan fingerprint density at radius 3 is 2.60 bits per heavy atom. The van der Waals surface area contributed by atoms with E-state index in [0.717, 1.165) is 0 Å². The smallest absolute Gasteiger partial charge is 0.0582 e. The number of pyridine rings is 1. The van der Waals surface area contributed by atoms with Gasteiger partial charge in [0.05, 0.1) is 6.61 Å². The molecule has 0 bridgehead atoms. The Hall–Kier alpha value is -0.930. The number of aliphatic hydroxyl groups is 1. The Kier molecular flexibility index (Phi) is 4.72. The Labute approximate surface area is 91.5 Å². The van der Waals surface area contributed by atoms with Crippen LogP contribution < -0.4 is 5.32 Å². The maximum absolute atomic E-state index is 9.03. The lowest BCUT2D eigenvalue weighted by molar-refractivity contribution is 0.229. The molecule has 3 nitrogen and oxygen atoms in total. The Balaban J connectivity index is 2.75. The van der Waals surface area contributed by atoms with Gasteiger partial charge in [-0.3, -0.25) is 4.98 Å². The van der Waals surface area contributed by atoms with Crippen molar-refractivity contribution in [1.29, 1.82) is 0 Å². The van der Waals surface area contributed by atoms with Crippen LogP contribution in [0.3, 0.4) is 0 Å². The first kappa shape index (κ1) is 12.1. The molecule has 0 saturated heterocycles. The summed E-state index contributed by atoms with van der Waals surface area (Å²) < 4.78 is 0. The van der Waals surface area contributed by atoms with Crippen LogP contribution >= 0.6 is 0 Å². The fourth-order valence-corrected chi connectivity index (χ4v) is 1.59. The van der Waals surface area contributed by atoms with E-state index in [1.807, 2.05) is 19.2 Å². The van der Waals surface area contributed by atoms with Crippen molar-refractivity contribution in [1.82, 2.24) is 10.3 Å². The molecule has 84 valence electrons. The van der Waals surface area contributed by atoms with Gasteiger partial charge in [0.1, 0.15) is 0 Å². The van der Waals surface area contributed by atoms with Gasteiger partial charge in [-0.25, -0.2) is 0 Å². The zero-order chi connectivity index (χ0) is 11.3. The summed E-state index contributed by atoms with van der Waals surface area (Å²) in [6, 6.07) is 4.36. The first-order chi connectivity index (χ1) is 7.15. The molecule has 1 aromatic rings. The molecule has 0 aliphatic heterocycles. The van der Waals surface area contributed by atoms with E-state index in [2.05, 4.69) is 30.2 Å². The lowest BCUT2D eigenvalue weighted by Gasteiger charge is -2.25. The van der Waals surface area contributed by atoms with Gasteiger partial charge in [0.2, 0.25) is 0 Å². The SMILES string of the molecule is CC(CO)NC(c1cccnc1)C(C)C. The van der Waals surface area contributed by atoms with E-state index in [-0.39, 0.29) is 18.7 Å². The number of aromatic nitrogens is 1. The molecule has 0 radical (unpaired) electrons. The Morgan fingerprint density at radius 1 is 1.40 bits per heavy atom. The van der Waals surface area contributed by atoms with E-state index in [1.54, 1.807) is 6.20 Å². The minimum Gasteiger partial charge on any atom is -0.395 e. The van der Waals surface area contributed by atoms with Crippen LogP contribution in [-0.4, -0.2) is 22.7 Å². The quantitative estimate of drug-likeness (QED) is 0.775. The van der Waals surface area contributed by atoms with E-state index in [4.69, 9.17) is 5.11 Å². The summed E-state index contributed by atoms with van der Waals surface area (Å²) in [5, 5.41) is 12.4. The van der Waals surface area contributed by atoms with Crippen LogP contribution in [0.15, 0.2) is 24.5 Å². The minimum absolute atomic E-state index is 0.109. The van der Waals surface area contributed by atoms with Crippen molar-refractivity contribution in [3.63, 3.8) is 0 Å². The molecule has 15 heavy (non-hydrogen) atoms. The van der Waals surface area contributed by atoms with Crippen LogP contribution in [-0.2, 0) is 0 Å². The van der Waals surface area contributed by atoms with Crippen molar-refractivity contribution in [2.45, 2.75) is 32.9 Å². The fourth-order valence-electron chi connectivity index (χ4n) is 1.59.